The number of nitrogens with zero attached hydrogens (tertiary/aromatic N) is 2. The third-order valence-corrected chi connectivity index (χ3v) is 4.48. The number of carboxylic acids is 1. The Labute approximate surface area is 102 Å². The van der Waals surface area contributed by atoms with Crippen molar-refractivity contribution in [3.8, 4) is 0 Å². The number of hydrogen-bond acceptors (Lipinski definition) is 4. The van der Waals surface area contributed by atoms with Crippen LogP contribution in [0.4, 0.5) is 0 Å². The van der Waals surface area contributed by atoms with E-state index in [0.29, 0.717) is 0 Å². The normalized spacial score (nSPS) is 14.2. The fourth-order valence-electron chi connectivity index (χ4n) is 1.16. The van der Waals surface area contributed by atoms with Crippen LogP contribution in [0.15, 0.2) is 0 Å². The average Bonchev–Trinajstić information content (AvgIpc) is 2.24. The Morgan fingerprint density at radius 2 is 1.94 bits per heavy atom. The van der Waals surface area contributed by atoms with Gasteiger partial charge in [-0.1, -0.05) is 0 Å². The number of hydrogen-bond donors (Lipinski definition) is 1. The smallest absolute Gasteiger partial charge is 0.304 e. The lowest BCUT2D eigenvalue weighted by atomic mass is 10.4. The van der Waals surface area contributed by atoms with E-state index in [0.717, 1.165) is 4.31 Å². The molecule has 1 atom stereocenters. The molecule has 0 amide bonds. The molecule has 7 nitrogen and oxygen atoms in total. The molecule has 8 heteroatoms. The van der Waals surface area contributed by atoms with Crippen molar-refractivity contribution < 1.29 is 23.1 Å². The summed E-state index contributed by atoms with van der Waals surface area (Å²) in [6.45, 7) is 1.94. The molecular weight excluding hydrogens is 248 g/mol. The Hall–Kier alpha value is -0.700. The summed E-state index contributed by atoms with van der Waals surface area (Å²) in [6.07, 6.45) is -0.220. The highest BCUT2D eigenvalue weighted by Gasteiger charge is 2.27. The van der Waals surface area contributed by atoms with E-state index in [2.05, 4.69) is 0 Å². The highest BCUT2D eigenvalue weighted by atomic mass is 32.2. The van der Waals surface area contributed by atoms with Crippen LogP contribution in [-0.4, -0.2) is 68.5 Å². The summed E-state index contributed by atoms with van der Waals surface area (Å²) < 4.78 is 31.0. The van der Waals surface area contributed by atoms with Crippen LogP contribution in [0.5, 0.6) is 0 Å². The van der Waals surface area contributed by atoms with E-state index >= 15 is 0 Å². The molecule has 0 rings (SSSR count). The predicted octanol–water partition coefficient (Wildman–Crippen LogP) is -0.396. The summed E-state index contributed by atoms with van der Waals surface area (Å²) in [7, 11) is 0.655. The second kappa shape index (κ2) is 6.90. The Morgan fingerprint density at radius 1 is 1.41 bits per heavy atom. The van der Waals surface area contributed by atoms with Crippen molar-refractivity contribution in [1.82, 2.24) is 8.61 Å². The molecule has 0 aliphatic rings. The van der Waals surface area contributed by atoms with E-state index in [1.807, 2.05) is 0 Å². The molecule has 0 saturated heterocycles. The first-order valence-corrected chi connectivity index (χ1v) is 6.53. The van der Waals surface area contributed by atoms with Crippen LogP contribution in [-0.2, 0) is 19.7 Å². The first kappa shape index (κ1) is 16.3. The number of likely N-dealkylation sites (N-methyl/N-ethyl adjacent to an activating group) is 1. The molecule has 0 aromatic rings. The zero-order valence-corrected chi connectivity index (χ0v) is 11.4. The van der Waals surface area contributed by atoms with E-state index in [1.165, 1.54) is 25.5 Å². The monoisotopic (exact) mass is 268 g/mol. The van der Waals surface area contributed by atoms with Crippen LogP contribution in [0.3, 0.4) is 0 Å². The van der Waals surface area contributed by atoms with Gasteiger partial charge in [-0.25, -0.2) is 0 Å². The highest BCUT2D eigenvalue weighted by Crippen LogP contribution is 2.09. The van der Waals surface area contributed by atoms with Crippen molar-refractivity contribution in [2.45, 2.75) is 19.4 Å². The summed E-state index contributed by atoms with van der Waals surface area (Å²) in [4.78, 5) is 10.4. The van der Waals surface area contributed by atoms with Crippen LogP contribution in [0.1, 0.15) is 13.3 Å². The lowest BCUT2D eigenvalue weighted by molar-refractivity contribution is -0.137. The molecule has 1 unspecified atom stereocenters. The molecule has 1 N–H and O–H groups in total. The number of carboxylic acid groups (broad SMARTS) is 1. The van der Waals surface area contributed by atoms with Crippen molar-refractivity contribution in [3.63, 3.8) is 0 Å². The first-order valence-electron chi connectivity index (χ1n) is 5.13. The minimum atomic E-state index is -3.63. The van der Waals surface area contributed by atoms with Crippen LogP contribution in [0, 0.1) is 0 Å². The highest BCUT2D eigenvalue weighted by molar-refractivity contribution is 7.86. The van der Waals surface area contributed by atoms with Gasteiger partial charge in [0.2, 0.25) is 0 Å². The summed E-state index contributed by atoms with van der Waals surface area (Å²) in [5.41, 5.74) is 0. The second-order valence-electron chi connectivity index (χ2n) is 3.79. The van der Waals surface area contributed by atoms with Gasteiger partial charge in [-0.3, -0.25) is 4.79 Å². The molecule has 0 aliphatic heterocycles. The maximum absolute atomic E-state index is 12.0. The van der Waals surface area contributed by atoms with Gasteiger partial charge in [-0.2, -0.15) is 17.0 Å². The number of carbonyl (C=O) groups is 1. The first-order chi connectivity index (χ1) is 7.73. The van der Waals surface area contributed by atoms with Crippen LogP contribution < -0.4 is 0 Å². The van der Waals surface area contributed by atoms with Gasteiger partial charge in [0.25, 0.3) is 10.2 Å². The van der Waals surface area contributed by atoms with E-state index in [1.54, 1.807) is 6.92 Å². The molecule has 0 bridgehead atoms. The summed E-state index contributed by atoms with van der Waals surface area (Å²) in [6, 6.07) is -0.308. The Bertz CT molecular complexity index is 343. The van der Waals surface area contributed by atoms with Crippen LogP contribution >= 0.6 is 0 Å². The number of methoxy groups -OCH3 is 1. The fraction of sp³-hybridized carbons (Fsp3) is 0.889. The summed E-state index contributed by atoms with van der Waals surface area (Å²) in [5.74, 6) is -1.03. The standard InChI is InChI=1S/C9H20N2O5S/c1-8(7-16-4)11(3)17(14,15)10(2)6-5-9(12)13/h8H,5-7H2,1-4H3,(H,12,13). The van der Waals surface area contributed by atoms with Gasteiger partial charge < -0.3 is 9.84 Å². The molecule has 0 aromatic carbocycles. The van der Waals surface area contributed by atoms with Gasteiger partial charge in [0.1, 0.15) is 0 Å². The molecular formula is C9H20N2O5S. The van der Waals surface area contributed by atoms with Gasteiger partial charge in [-0.05, 0) is 6.92 Å². The van der Waals surface area contributed by atoms with Crippen molar-refractivity contribution in [1.29, 1.82) is 0 Å². The van der Waals surface area contributed by atoms with Crippen LogP contribution in [0.2, 0.25) is 0 Å². The third kappa shape index (κ3) is 4.99. The molecule has 0 aliphatic carbocycles. The summed E-state index contributed by atoms with van der Waals surface area (Å²) in [5, 5.41) is 8.51. The van der Waals surface area contributed by atoms with E-state index in [-0.39, 0.29) is 25.6 Å². The molecule has 17 heavy (non-hydrogen) atoms. The topological polar surface area (TPSA) is 87.2 Å². The number of ether oxygens (including phenoxy) is 1. The fourth-order valence-corrected chi connectivity index (χ4v) is 2.44. The van der Waals surface area contributed by atoms with Gasteiger partial charge in [0.05, 0.1) is 13.0 Å². The van der Waals surface area contributed by atoms with Crippen LogP contribution in [0.25, 0.3) is 0 Å². The largest absolute Gasteiger partial charge is 0.481 e. The van der Waals surface area contributed by atoms with Gasteiger partial charge in [0, 0.05) is 33.8 Å². The maximum atomic E-state index is 12.0. The SMILES string of the molecule is COCC(C)N(C)S(=O)(=O)N(C)CCC(=O)O. The lowest BCUT2D eigenvalue weighted by Gasteiger charge is -2.28. The molecule has 0 fully saturated rings. The quantitative estimate of drug-likeness (QED) is 0.647. The lowest BCUT2D eigenvalue weighted by Crippen LogP contribution is -2.45. The van der Waals surface area contributed by atoms with Gasteiger partial charge in [0.15, 0.2) is 0 Å². The van der Waals surface area contributed by atoms with Crippen molar-refractivity contribution in [2.24, 2.45) is 0 Å². The van der Waals surface area contributed by atoms with E-state index < -0.39 is 16.2 Å². The predicted molar refractivity (Wildman–Crippen MR) is 62.9 cm³/mol. The maximum Gasteiger partial charge on any atom is 0.304 e. The molecule has 0 spiro atoms. The van der Waals surface area contributed by atoms with Crippen molar-refractivity contribution in [2.75, 3.05) is 34.4 Å². The minimum absolute atomic E-state index is 0.0539. The average molecular weight is 268 g/mol. The number of rotatable bonds is 8. The molecule has 0 aromatic heterocycles. The third-order valence-electron chi connectivity index (χ3n) is 2.43. The van der Waals surface area contributed by atoms with Gasteiger partial charge >= 0.3 is 5.97 Å². The molecule has 0 heterocycles. The van der Waals surface area contributed by atoms with Crippen molar-refractivity contribution in [3.05, 3.63) is 0 Å². The minimum Gasteiger partial charge on any atom is -0.481 e. The summed E-state index contributed by atoms with van der Waals surface area (Å²) >= 11 is 0. The molecule has 0 saturated carbocycles. The molecule has 102 valence electrons. The van der Waals surface area contributed by atoms with Gasteiger partial charge in [-0.15, -0.1) is 0 Å². The zero-order chi connectivity index (χ0) is 13.6. The van der Waals surface area contributed by atoms with E-state index in [4.69, 9.17) is 9.84 Å². The van der Waals surface area contributed by atoms with E-state index in [9.17, 15) is 13.2 Å². The van der Waals surface area contributed by atoms with Crippen molar-refractivity contribution >= 4 is 16.2 Å². The second-order valence-corrected chi connectivity index (χ2v) is 5.89. The molecule has 0 radical (unpaired) electrons. The Kier molecular flexibility index (Phi) is 6.61. The Morgan fingerprint density at radius 3 is 2.35 bits per heavy atom. The Balaban J connectivity index is 4.59. The zero-order valence-electron chi connectivity index (χ0n) is 10.6. The number of aliphatic carboxylic acids is 1.